The summed E-state index contributed by atoms with van der Waals surface area (Å²) < 4.78 is 0. The molecule has 0 atom stereocenters. The van der Waals surface area contributed by atoms with Crippen molar-refractivity contribution in [3.8, 4) is 11.1 Å². The first-order chi connectivity index (χ1) is 16.0. The highest BCUT2D eigenvalue weighted by molar-refractivity contribution is 5.90. The van der Waals surface area contributed by atoms with E-state index in [2.05, 4.69) is 124 Å². The van der Waals surface area contributed by atoms with Crippen molar-refractivity contribution in [2.45, 2.75) is 31.6 Å². The average Bonchev–Trinajstić information content (AvgIpc) is 3.14. The summed E-state index contributed by atoms with van der Waals surface area (Å²) >= 11 is 0. The van der Waals surface area contributed by atoms with E-state index in [-0.39, 0.29) is 10.8 Å². The van der Waals surface area contributed by atoms with Crippen LogP contribution in [0.25, 0.3) is 16.7 Å². The van der Waals surface area contributed by atoms with Gasteiger partial charge >= 0.3 is 0 Å². The van der Waals surface area contributed by atoms with Crippen molar-refractivity contribution < 1.29 is 0 Å². The first-order valence-electron chi connectivity index (χ1n) is 11.8. The summed E-state index contributed by atoms with van der Waals surface area (Å²) in [6.45, 7) is 11.1. The minimum absolute atomic E-state index is 0.0592. The number of benzene rings is 4. The van der Waals surface area contributed by atoms with Crippen LogP contribution in [0, 0.1) is 0 Å². The molecule has 160 valence electrons. The van der Waals surface area contributed by atoms with Crippen molar-refractivity contribution in [1.82, 2.24) is 0 Å². The molecule has 0 saturated heterocycles. The number of fused-ring (bicyclic) bond motifs is 9. The third-order valence-corrected chi connectivity index (χ3v) is 7.79. The minimum Gasteiger partial charge on any atom is -0.0912 e. The molecule has 0 amide bonds. The van der Waals surface area contributed by atoms with E-state index in [4.69, 9.17) is 0 Å². The fourth-order valence-electron chi connectivity index (χ4n) is 6.36. The average molecular weight is 425 g/mol. The van der Waals surface area contributed by atoms with E-state index >= 15 is 0 Å². The molecular weight excluding hydrogens is 396 g/mol. The fraction of sp³-hybridized carbons (Fsp3) is 0.152. The van der Waals surface area contributed by atoms with Crippen LogP contribution in [0.5, 0.6) is 0 Å². The van der Waals surface area contributed by atoms with E-state index in [1.807, 2.05) is 6.92 Å². The summed E-state index contributed by atoms with van der Waals surface area (Å²) in [5, 5.41) is 0. The Morgan fingerprint density at radius 3 is 1.76 bits per heavy atom. The van der Waals surface area contributed by atoms with Crippen LogP contribution in [0.4, 0.5) is 0 Å². The quantitative estimate of drug-likeness (QED) is 0.250. The molecule has 33 heavy (non-hydrogen) atoms. The van der Waals surface area contributed by atoms with Gasteiger partial charge in [0, 0.05) is 5.41 Å². The molecule has 4 aromatic carbocycles. The van der Waals surface area contributed by atoms with Gasteiger partial charge in [0.15, 0.2) is 0 Å². The Bertz CT molecular complexity index is 1410. The zero-order valence-electron chi connectivity index (χ0n) is 19.5. The maximum atomic E-state index is 4.30. The molecule has 0 saturated carbocycles. The third-order valence-electron chi connectivity index (χ3n) is 7.79. The molecule has 6 rings (SSSR count). The molecule has 0 nitrogen and oxygen atoms in total. The highest BCUT2D eigenvalue weighted by Gasteiger charge is 2.53. The number of hydrogen-bond donors (Lipinski definition) is 0. The Balaban J connectivity index is 1.78. The molecule has 0 bridgehead atoms. The first-order valence-corrected chi connectivity index (χ1v) is 11.8. The van der Waals surface area contributed by atoms with E-state index in [0.29, 0.717) is 0 Å². The molecule has 0 aliphatic heterocycles. The number of rotatable bonds is 2. The molecule has 0 aromatic heterocycles. The lowest BCUT2D eigenvalue weighted by molar-refractivity contribution is 0.563. The van der Waals surface area contributed by atoms with Crippen LogP contribution < -0.4 is 0 Å². The molecule has 0 heteroatoms. The van der Waals surface area contributed by atoms with Crippen LogP contribution in [0.1, 0.15) is 59.7 Å². The fourth-order valence-corrected chi connectivity index (χ4v) is 6.36. The molecular formula is C33H28. The summed E-state index contributed by atoms with van der Waals surface area (Å²) in [5.41, 5.74) is 12.9. The Kier molecular flexibility index (Phi) is 4.20. The highest BCUT2D eigenvalue weighted by atomic mass is 14.5. The van der Waals surface area contributed by atoms with E-state index in [1.165, 1.54) is 50.1 Å². The van der Waals surface area contributed by atoms with Gasteiger partial charge in [-0.1, -0.05) is 118 Å². The van der Waals surface area contributed by atoms with Crippen molar-refractivity contribution >= 4 is 5.57 Å². The lowest BCUT2D eigenvalue weighted by atomic mass is 9.55. The summed E-state index contributed by atoms with van der Waals surface area (Å²) in [4.78, 5) is 0. The lowest BCUT2D eigenvalue weighted by Gasteiger charge is -2.46. The Morgan fingerprint density at radius 2 is 1.15 bits per heavy atom. The molecule has 0 radical (unpaired) electrons. The molecule has 1 spiro atoms. The normalized spacial score (nSPS) is 16.2. The zero-order valence-corrected chi connectivity index (χ0v) is 19.5. The second-order valence-corrected chi connectivity index (χ2v) is 9.80. The highest BCUT2D eigenvalue weighted by Crippen LogP contribution is 2.62. The van der Waals surface area contributed by atoms with Gasteiger partial charge in [-0.25, -0.2) is 0 Å². The zero-order chi connectivity index (χ0) is 22.8. The molecule has 0 heterocycles. The van der Waals surface area contributed by atoms with Gasteiger partial charge in [-0.05, 0) is 68.6 Å². The standard InChI is InChI=1S/C33H28/c1-5-12-22(2)23-19-20-27-25(21-23)24-13-6-7-14-26(24)33(27)30-17-10-8-15-28(30)32(3,4)29-16-9-11-18-31(29)33/h5-21H,2H2,1,3-4H3/b12-5-. The largest absolute Gasteiger partial charge is 0.0912 e. The van der Waals surface area contributed by atoms with Gasteiger partial charge < -0.3 is 0 Å². The second-order valence-electron chi connectivity index (χ2n) is 9.80. The van der Waals surface area contributed by atoms with Gasteiger partial charge in [0.2, 0.25) is 0 Å². The van der Waals surface area contributed by atoms with Gasteiger partial charge in [0.1, 0.15) is 0 Å². The van der Waals surface area contributed by atoms with E-state index in [9.17, 15) is 0 Å². The molecule has 0 N–H and O–H groups in total. The summed E-state index contributed by atoms with van der Waals surface area (Å²) in [5.74, 6) is 0. The maximum Gasteiger partial charge on any atom is 0.0719 e. The predicted molar refractivity (Wildman–Crippen MR) is 140 cm³/mol. The van der Waals surface area contributed by atoms with Crippen LogP contribution in [-0.2, 0) is 10.8 Å². The minimum atomic E-state index is -0.310. The molecule has 0 unspecified atom stereocenters. The number of hydrogen-bond acceptors (Lipinski definition) is 0. The van der Waals surface area contributed by atoms with Crippen molar-refractivity contribution in [3.05, 3.63) is 149 Å². The van der Waals surface area contributed by atoms with Crippen LogP contribution in [0.2, 0.25) is 0 Å². The summed E-state index contributed by atoms with van der Waals surface area (Å²) in [6.07, 6.45) is 4.15. The van der Waals surface area contributed by atoms with Crippen molar-refractivity contribution in [2.24, 2.45) is 0 Å². The SMILES string of the molecule is C=C(/C=C\C)c1ccc2c(c1)-c1ccccc1C21c2ccccc2C(C)(C)c2ccccc21. The molecule has 2 aliphatic carbocycles. The molecule has 0 fully saturated rings. The summed E-state index contributed by atoms with van der Waals surface area (Å²) in [6, 6.07) is 34.1. The van der Waals surface area contributed by atoms with Crippen molar-refractivity contribution in [3.63, 3.8) is 0 Å². The van der Waals surface area contributed by atoms with Gasteiger partial charge in [-0.15, -0.1) is 0 Å². The maximum absolute atomic E-state index is 4.30. The summed E-state index contributed by atoms with van der Waals surface area (Å²) in [7, 11) is 0. The molecule has 2 aliphatic rings. The predicted octanol–water partition coefficient (Wildman–Crippen LogP) is 8.28. The molecule has 4 aromatic rings. The lowest BCUT2D eigenvalue weighted by Crippen LogP contribution is -2.40. The smallest absolute Gasteiger partial charge is 0.0719 e. The first kappa shape index (κ1) is 20.0. The van der Waals surface area contributed by atoms with Crippen molar-refractivity contribution in [2.75, 3.05) is 0 Å². The van der Waals surface area contributed by atoms with Gasteiger partial charge in [0.05, 0.1) is 5.41 Å². The number of allylic oxidation sites excluding steroid dienone is 3. The van der Waals surface area contributed by atoms with Crippen LogP contribution in [0.15, 0.2) is 110 Å². The van der Waals surface area contributed by atoms with E-state index < -0.39 is 0 Å². The Hall–Kier alpha value is -3.64. The van der Waals surface area contributed by atoms with Crippen molar-refractivity contribution in [1.29, 1.82) is 0 Å². The van der Waals surface area contributed by atoms with E-state index in [0.717, 1.165) is 5.57 Å². The van der Waals surface area contributed by atoms with Crippen LogP contribution in [-0.4, -0.2) is 0 Å². The third kappa shape index (κ3) is 2.47. The van der Waals surface area contributed by atoms with Gasteiger partial charge in [-0.2, -0.15) is 0 Å². The Labute approximate surface area is 196 Å². The van der Waals surface area contributed by atoms with E-state index in [1.54, 1.807) is 0 Å². The topological polar surface area (TPSA) is 0 Å². The van der Waals surface area contributed by atoms with Gasteiger partial charge in [-0.3, -0.25) is 0 Å². The van der Waals surface area contributed by atoms with Gasteiger partial charge in [0.25, 0.3) is 0 Å². The monoisotopic (exact) mass is 424 g/mol. The van der Waals surface area contributed by atoms with Crippen LogP contribution in [0.3, 0.4) is 0 Å². The second kappa shape index (κ2) is 6.93. The Morgan fingerprint density at radius 1 is 0.636 bits per heavy atom. The van der Waals surface area contributed by atoms with Crippen LogP contribution >= 0.6 is 0 Å².